The molecule has 0 saturated carbocycles. The van der Waals surface area contributed by atoms with Crippen LogP contribution in [0.4, 0.5) is 0 Å². The van der Waals surface area contributed by atoms with Crippen molar-refractivity contribution in [3.05, 3.63) is 35.2 Å². The van der Waals surface area contributed by atoms with Crippen molar-refractivity contribution in [1.29, 1.82) is 0 Å². The summed E-state index contributed by atoms with van der Waals surface area (Å²) in [5, 5.41) is 2.88. The second-order valence-electron chi connectivity index (χ2n) is 7.64. The highest BCUT2D eigenvalue weighted by atomic mass is 35.5. The standard InChI is InChI=1S/C18H23ClN2OSSi/c1-18(2,3)24(4,5)22-9-8-12-6-7-14-13(10-12)15-16(19)20-11-21-17(15)23-14/h6-7,10-11H,8-9H2,1-5H3. The minimum absolute atomic E-state index is 0.241. The Labute approximate surface area is 153 Å². The van der Waals surface area contributed by atoms with Crippen molar-refractivity contribution in [3.8, 4) is 0 Å². The summed E-state index contributed by atoms with van der Waals surface area (Å²) >= 11 is 7.94. The molecule has 0 N–H and O–H groups in total. The van der Waals surface area contributed by atoms with Crippen LogP contribution >= 0.6 is 22.9 Å². The molecule has 128 valence electrons. The van der Waals surface area contributed by atoms with Gasteiger partial charge in [0.2, 0.25) is 0 Å². The van der Waals surface area contributed by atoms with Gasteiger partial charge in [0.05, 0.1) is 5.39 Å². The van der Waals surface area contributed by atoms with Crippen LogP contribution in [0.15, 0.2) is 24.5 Å². The first-order chi connectivity index (χ1) is 11.2. The van der Waals surface area contributed by atoms with Gasteiger partial charge in [0.15, 0.2) is 8.32 Å². The molecule has 1 aromatic carbocycles. The number of aromatic nitrogens is 2. The summed E-state index contributed by atoms with van der Waals surface area (Å²) in [5.41, 5.74) is 1.26. The molecule has 0 aliphatic rings. The maximum atomic E-state index is 6.29. The van der Waals surface area contributed by atoms with Gasteiger partial charge >= 0.3 is 0 Å². The van der Waals surface area contributed by atoms with Gasteiger partial charge in [0.25, 0.3) is 0 Å². The first-order valence-corrected chi connectivity index (χ1v) is 12.2. The molecule has 24 heavy (non-hydrogen) atoms. The maximum Gasteiger partial charge on any atom is 0.191 e. The van der Waals surface area contributed by atoms with Crippen LogP contribution in [-0.4, -0.2) is 24.9 Å². The third kappa shape index (κ3) is 3.36. The molecule has 0 amide bonds. The molecule has 0 saturated heterocycles. The Balaban J connectivity index is 1.83. The second kappa shape index (κ2) is 6.37. The highest BCUT2D eigenvalue weighted by molar-refractivity contribution is 7.25. The van der Waals surface area contributed by atoms with Gasteiger partial charge in [-0.25, -0.2) is 9.97 Å². The lowest BCUT2D eigenvalue weighted by Gasteiger charge is -2.36. The van der Waals surface area contributed by atoms with Crippen LogP contribution in [-0.2, 0) is 10.8 Å². The fraction of sp³-hybridized carbons (Fsp3) is 0.444. The van der Waals surface area contributed by atoms with E-state index in [0.717, 1.165) is 28.6 Å². The Hall–Kier alpha value is -1.01. The van der Waals surface area contributed by atoms with E-state index in [-0.39, 0.29) is 5.04 Å². The van der Waals surface area contributed by atoms with Crippen LogP contribution in [0.1, 0.15) is 26.3 Å². The molecular formula is C18H23ClN2OSSi. The number of benzene rings is 1. The summed E-state index contributed by atoms with van der Waals surface area (Å²) in [6.45, 7) is 12.1. The molecule has 3 nitrogen and oxygen atoms in total. The van der Waals surface area contributed by atoms with Gasteiger partial charge in [0.1, 0.15) is 16.3 Å². The van der Waals surface area contributed by atoms with Crippen molar-refractivity contribution in [3.63, 3.8) is 0 Å². The molecule has 0 bridgehead atoms. The SMILES string of the molecule is CC(C)(C)[Si](C)(C)OCCc1ccc2sc3ncnc(Cl)c3c2c1. The molecule has 2 aromatic heterocycles. The van der Waals surface area contributed by atoms with E-state index < -0.39 is 8.32 Å². The van der Waals surface area contributed by atoms with Gasteiger partial charge in [-0.05, 0) is 42.2 Å². The molecule has 0 atom stereocenters. The van der Waals surface area contributed by atoms with Crippen LogP contribution in [0.3, 0.4) is 0 Å². The first-order valence-electron chi connectivity index (χ1n) is 8.15. The monoisotopic (exact) mass is 378 g/mol. The molecule has 0 spiro atoms. The van der Waals surface area contributed by atoms with Gasteiger partial charge in [-0.2, -0.15) is 0 Å². The topological polar surface area (TPSA) is 35.0 Å². The zero-order valence-corrected chi connectivity index (χ0v) is 17.4. The van der Waals surface area contributed by atoms with Crippen LogP contribution in [0.25, 0.3) is 20.3 Å². The smallest absolute Gasteiger partial charge is 0.191 e. The van der Waals surface area contributed by atoms with Crippen molar-refractivity contribution >= 4 is 51.6 Å². The molecular weight excluding hydrogens is 356 g/mol. The van der Waals surface area contributed by atoms with Crippen LogP contribution in [0, 0.1) is 0 Å². The third-order valence-electron chi connectivity index (χ3n) is 4.95. The zero-order valence-electron chi connectivity index (χ0n) is 14.8. The molecule has 2 heterocycles. The van der Waals surface area contributed by atoms with Crippen molar-refractivity contribution in [2.75, 3.05) is 6.61 Å². The number of fused-ring (bicyclic) bond motifs is 3. The summed E-state index contributed by atoms with van der Waals surface area (Å²) in [4.78, 5) is 9.40. The number of nitrogens with zero attached hydrogens (tertiary/aromatic N) is 2. The molecule has 0 radical (unpaired) electrons. The summed E-state index contributed by atoms with van der Waals surface area (Å²) in [6, 6.07) is 6.53. The Morgan fingerprint density at radius 2 is 1.96 bits per heavy atom. The fourth-order valence-corrected chi connectivity index (χ4v) is 4.77. The highest BCUT2D eigenvalue weighted by Crippen LogP contribution is 2.37. The lowest BCUT2D eigenvalue weighted by atomic mass is 10.1. The van der Waals surface area contributed by atoms with Crippen molar-refractivity contribution in [1.82, 2.24) is 9.97 Å². The Morgan fingerprint density at radius 3 is 2.67 bits per heavy atom. The number of rotatable bonds is 4. The summed E-state index contributed by atoms with van der Waals surface area (Å²) < 4.78 is 7.49. The van der Waals surface area contributed by atoms with Gasteiger partial charge in [-0.3, -0.25) is 0 Å². The summed E-state index contributed by atoms with van der Waals surface area (Å²) in [7, 11) is -1.69. The Morgan fingerprint density at radius 1 is 1.21 bits per heavy atom. The summed E-state index contributed by atoms with van der Waals surface area (Å²) in [5.74, 6) is 0. The lowest BCUT2D eigenvalue weighted by molar-refractivity contribution is 0.292. The van der Waals surface area contributed by atoms with Crippen LogP contribution < -0.4 is 0 Å². The molecule has 0 unspecified atom stereocenters. The third-order valence-corrected chi connectivity index (χ3v) is 10.8. The van der Waals surface area contributed by atoms with Gasteiger partial charge < -0.3 is 4.43 Å². The molecule has 3 rings (SSSR count). The van der Waals surface area contributed by atoms with Gasteiger partial charge in [0, 0.05) is 16.7 Å². The second-order valence-corrected chi connectivity index (χ2v) is 13.8. The van der Waals surface area contributed by atoms with Crippen LogP contribution in [0.2, 0.25) is 23.3 Å². The van der Waals surface area contributed by atoms with E-state index in [9.17, 15) is 0 Å². The number of hydrogen-bond donors (Lipinski definition) is 0. The Bertz CT molecular complexity index is 886. The lowest BCUT2D eigenvalue weighted by Crippen LogP contribution is -2.41. The van der Waals surface area contributed by atoms with Crippen molar-refractivity contribution < 1.29 is 4.43 Å². The highest BCUT2D eigenvalue weighted by Gasteiger charge is 2.36. The number of thiophene rings is 1. The quantitative estimate of drug-likeness (QED) is 0.408. The minimum Gasteiger partial charge on any atom is -0.416 e. The predicted octanol–water partition coefficient (Wildman–Crippen LogP) is 6.06. The zero-order chi connectivity index (χ0) is 17.5. The Kier molecular flexibility index (Phi) is 4.72. The fourth-order valence-electron chi connectivity index (χ4n) is 2.41. The number of halogens is 1. The van der Waals surface area contributed by atoms with E-state index in [0.29, 0.717) is 5.15 Å². The molecule has 6 heteroatoms. The van der Waals surface area contributed by atoms with E-state index in [1.165, 1.54) is 16.6 Å². The van der Waals surface area contributed by atoms with E-state index in [1.54, 1.807) is 11.3 Å². The van der Waals surface area contributed by atoms with E-state index in [1.807, 2.05) is 0 Å². The molecule has 0 aliphatic carbocycles. The van der Waals surface area contributed by atoms with Crippen molar-refractivity contribution in [2.24, 2.45) is 0 Å². The van der Waals surface area contributed by atoms with E-state index in [4.69, 9.17) is 16.0 Å². The molecule has 0 fully saturated rings. The molecule has 3 aromatic rings. The van der Waals surface area contributed by atoms with Gasteiger partial charge in [-0.1, -0.05) is 38.4 Å². The predicted molar refractivity (Wildman–Crippen MR) is 107 cm³/mol. The van der Waals surface area contributed by atoms with Crippen molar-refractivity contribution in [2.45, 2.75) is 45.3 Å². The van der Waals surface area contributed by atoms with E-state index >= 15 is 0 Å². The minimum atomic E-state index is -1.69. The first kappa shape index (κ1) is 17.8. The maximum absolute atomic E-state index is 6.29. The van der Waals surface area contributed by atoms with E-state index in [2.05, 4.69) is 62.0 Å². The van der Waals surface area contributed by atoms with Crippen LogP contribution in [0.5, 0.6) is 0 Å². The average Bonchev–Trinajstić information content (AvgIpc) is 2.85. The number of hydrogen-bond acceptors (Lipinski definition) is 4. The van der Waals surface area contributed by atoms with Gasteiger partial charge in [-0.15, -0.1) is 11.3 Å². The molecule has 0 aliphatic heterocycles. The average molecular weight is 379 g/mol. The largest absolute Gasteiger partial charge is 0.416 e. The summed E-state index contributed by atoms with van der Waals surface area (Å²) in [6.07, 6.45) is 2.43. The normalized spacial score (nSPS) is 13.1.